The molecular weight excluding hydrogens is 304 g/mol. The monoisotopic (exact) mass is 320 g/mol. The Bertz CT molecular complexity index is 658. The molecule has 1 N–H and O–H groups in total. The summed E-state index contributed by atoms with van der Waals surface area (Å²) < 4.78 is 4.88. The maximum absolute atomic E-state index is 12.7. The Morgan fingerprint density at radius 1 is 1.09 bits per heavy atom. The van der Waals surface area contributed by atoms with E-state index in [0.29, 0.717) is 16.1 Å². The standard InChI is InChI=1S/C16H17ClN2O3/c1-16(2,3)19(18-14(20)12-8-9-22-10-12)15(21)11-4-6-13(17)7-5-11/h4-10H,1-3H3,(H,18,20). The summed E-state index contributed by atoms with van der Waals surface area (Å²) in [5, 5.41) is 1.84. The number of nitrogens with one attached hydrogen (secondary N) is 1. The molecule has 0 bridgehead atoms. The van der Waals surface area contributed by atoms with Gasteiger partial charge in [0.2, 0.25) is 0 Å². The van der Waals surface area contributed by atoms with Crippen LogP contribution in [0.3, 0.4) is 0 Å². The highest BCUT2D eigenvalue weighted by molar-refractivity contribution is 6.30. The van der Waals surface area contributed by atoms with Crippen LogP contribution in [0.1, 0.15) is 41.5 Å². The van der Waals surface area contributed by atoms with Gasteiger partial charge in [-0.3, -0.25) is 15.0 Å². The quantitative estimate of drug-likeness (QED) is 0.861. The number of carbonyl (C=O) groups excluding carboxylic acids is 2. The summed E-state index contributed by atoms with van der Waals surface area (Å²) in [6.07, 6.45) is 2.72. The van der Waals surface area contributed by atoms with Crippen LogP contribution >= 0.6 is 11.6 Å². The molecule has 2 aromatic rings. The molecule has 1 aromatic heterocycles. The van der Waals surface area contributed by atoms with E-state index in [0.717, 1.165) is 0 Å². The number of nitrogens with zero attached hydrogens (tertiary/aromatic N) is 1. The van der Waals surface area contributed by atoms with Crippen molar-refractivity contribution in [1.29, 1.82) is 0 Å². The van der Waals surface area contributed by atoms with Gasteiger partial charge in [0.1, 0.15) is 6.26 Å². The van der Waals surface area contributed by atoms with Crippen LogP contribution in [0.15, 0.2) is 47.3 Å². The zero-order chi connectivity index (χ0) is 16.3. The van der Waals surface area contributed by atoms with E-state index in [1.165, 1.54) is 23.6 Å². The van der Waals surface area contributed by atoms with Gasteiger partial charge in [-0.1, -0.05) is 11.6 Å². The Morgan fingerprint density at radius 2 is 1.73 bits per heavy atom. The minimum atomic E-state index is -0.601. The first-order valence-electron chi connectivity index (χ1n) is 6.72. The first-order chi connectivity index (χ1) is 10.3. The molecule has 0 aliphatic heterocycles. The van der Waals surface area contributed by atoms with Crippen molar-refractivity contribution in [3.05, 3.63) is 59.0 Å². The van der Waals surface area contributed by atoms with Crippen molar-refractivity contribution in [2.45, 2.75) is 26.3 Å². The predicted molar refractivity (Wildman–Crippen MR) is 83.5 cm³/mol. The molecule has 0 saturated carbocycles. The Morgan fingerprint density at radius 3 is 2.23 bits per heavy atom. The Balaban J connectivity index is 2.25. The van der Waals surface area contributed by atoms with Crippen LogP contribution in [0.2, 0.25) is 5.02 Å². The summed E-state index contributed by atoms with van der Waals surface area (Å²) >= 11 is 5.83. The topological polar surface area (TPSA) is 62.6 Å². The van der Waals surface area contributed by atoms with Crippen molar-refractivity contribution in [3.8, 4) is 0 Å². The highest BCUT2D eigenvalue weighted by atomic mass is 35.5. The van der Waals surface area contributed by atoms with Crippen LogP contribution in [-0.2, 0) is 0 Å². The molecule has 0 spiro atoms. The average Bonchev–Trinajstić information content (AvgIpc) is 2.97. The highest BCUT2D eigenvalue weighted by Crippen LogP contribution is 2.17. The normalized spacial score (nSPS) is 11.1. The van der Waals surface area contributed by atoms with Gasteiger partial charge in [-0.2, -0.15) is 0 Å². The summed E-state index contributed by atoms with van der Waals surface area (Å²) in [4.78, 5) is 24.8. The number of benzene rings is 1. The van der Waals surface area contributed by atoms with Crippen molar-refractivity contribution in [1.82, 2.24) is 10.4 Å². The second-order valence-electron chi connectivity index (χ2n) is 5.77. The molecule has 0 aliphatic carbocycles. The molecule has 2 amide bonds. The number of carbonyl (C=O) groups is 2. The maximum atomic E-state index is 12.7. The van der Waals surface area contributed by atoms with E-state index in [9.17, 15) is 9.59 Å². The molecule has 5 nitrogen and oxygen atoms in total. The third-order valence-electron chi connectivity index (χ3n) is 2.96. The molecule has 0 atom stereocenters. The number of halogens is 1. The summed E-state index contributed by atoms with van der Waals surface area (Å²) in [7, 11) is 0. The fourth-order valence-electron chi connectivity index (χ4n) is 1.80. The minimum Gasteiger partial charge on any atom is -0.472 e. The van der Waals surface area contributed by atoms with Gasteiger partial charge in [-0.25, -0.2) is 5.01 Å². The van der Waals surface area contributed by atoms with Crippen LogP contribution in [0.25, 0.3) is 0 Å². The van der Waals surface area contributed by atoms with Crippen LogP contribution in [0, 0.1) is 0 Å². The first kappa shape index (κ1) is 16.1. The number of rotatable bonds is 2. The smallest absolute Gasteiger partial charge is 0.273 e. The Hall–Kier alpha value is -2.27. The second kappa shape index (κ2) is 6.23. The summed E-state index contributed by atoms with van der Waals surface area (Å²) in [6.45, 7) is 5.49. The van der Waals surface area contributed by atoms with Crippen molar-refractivity contribution in [3.63, 3.8) is 0 Å². The molecule has 6 heteroatoms. The van der Waals surface area contributed by atoms with Gasteiger partial charge in [0.15, 0.2) is 0 Å². The molecule has 116 valence electrons. The average molecular weight is 321 g/mol. The van der Waals surface area contributed by atoms with E-state index in [1.54, 1.807) is 24.3 Å². The number of amides is 2. The fraction of sp³-hybridized carbons (Fsp3) is 0.250. The second-order valence-corrected chi connectivity index (χ2v) is 6.21. The summed E-state index contributed by atoms with van der Waals surface area (Å²) in [6, 6.07) is 8.03. The third-order valence-corrected chi connectivity index (χ3v) is 3.21. The molecule has 0 radical (unpaired) electrons. The van der Waals surface area contributed by atoms with Crippen LogP contribution < -0.4 is 5.43 Å². The van der Waals surface area contributed by atoms with Crippen LogP contribution in [-0.4, -0.2) is 22.4 Å². The molecule has 0 saturated heterocycles. The Kier molecular flexibility index (Phi) is 4.56. The van der Waals surface area contributed by atoms with E-state index >= 15 is 0 Å². The number of hydrogen-bond acceptors (Lipinski definition) is 3. The van der Waals surface area contributed by atoms with Gasteiger partial charge in [0, 0.05) is 10.6 Å². The molecule has 0 unspecified atom stereocenters. The van der Waals surface area contributed by atoms with Gasteiger partial charge in [0.25, 0.3) is 11.8 Å². The van der Waals surface area contributed by atoms with Gasteiger partial charge >= 0.3 is 0 Å². The fourth-order valence-corrected chi connectivity index (χ4v) is 1.93. The number of hydrogen-bond donors (Lipinski definition) is 1. The van der Waals surface area contributed by atoms with Gasteiger partial charge in [-0.05, 0) is 51.1 Å². The molecule has 2 rings (SSSR count). The van der Waals surface area contributed by atoms with E-state index in [2.05, 4.69) is 5.43 Å². The lowest BCUT2D eigenvalue weighted by Gasteiger charge is -2.35. The van der Waals surface area contributed by atoms with E-state index in [-0.39, 0.29) is 5.91 Å². The lowest BCUT2D eigenvalue weighted by atomic mass is 10.1. The molecule has 1 aromatic carbocycles. The molecule has 0 aliphatic rings. The largest absolute Gasteiger partial charge is 0.472 e. The van der Waals surface area contributed by atoms with E-state index in [1.807, 2.05) is 20.8 Å². The van der Waals surface area contributed by atoms with Crippen molar-refractivity contribution in [2.24, 2.45) is 0 Å². The molecule has 0 fully saturated rings. The minimum absolute atomic E-state index is 0.319. The number of furan rings is 1. The Labute approximate surface area is 133 Å². The van der Waals surface area contributed by atoms with Crippen molar-refractivity contribution >= 4 is 23.4 Å². The van der Waals surface area contributed by atoms with Gasteiger partial charge < -0.3 is 4.42 Å². The molecular formula is C16H17ClN2O3. The lowest BCUT2D eigenvalue weighted by molar-refractivity contribution is 0.0358. The van der Waals surface area contributed by atoms with Crippen LogP contribution in [0.4, 0.5) is 0 Å². The third kappa shape index (κ3) is 3.68. The highest BCUT2D eigenvalue weighted by Gasteiger charge is 2.29. The zero-order valence-corrected chi connectivity index (χ0v) is 13.3. The lowest BCUT2D eigenvalue weighted by Crippen LogP contribution is -2.55. The maximum Gasteiger partial charge on any atom is 0.273 e. The van der Waals surface area contributed by atoms with Crippen LogP contribution in [0.5, 0.6) is 0 Å². The van der Waals surface area contributed by atoms with E-state index in [4.69, 9.17) is 16.0 Å². The summed E-state index contributed by atoms with van der Waals surface area (Å²) in [5.41, 5.74) is 2.81. The SMILES string of the molecule is CC(C)(C)N(NC(=O)c1ccoc1)C(=O)c1ccc(Cl)cc1. The number of hydrazine groups is 1. The van der Waals surface area contributed by atoms with Crippen molar-refractivity contribution < 1.29 is 14.0 Å². The molecule has 22 heavy (non-hydrogen) atoms. The van der Waals surface area contributed by atoms with E-state index < -0.39 is 11.4 Å². The predicted octanol–water partition coefficient (Wildman–Crippen LogP) is 3.52. The van der Waals surface area contributed by atoms with Gasteiger partial charge in [0.05, 0.1) is 17.4 Å². The summed E-state index contributed by atoms with van der Waals surface area (Å²) in [5.74, 6) is -0.730. The van der Waals surface area contributed by atoms with Gasteiger partial charge in [-0.15, -0.1) is 0 Å². The first-order valence-corrected chi connectivity index (χ1v) is 7.10. The zero-order valence-electron chi connectivity index (χ0n) is 12.6. The van der Waals surface area contributed by atoms with Crippen molar-refractivity contribution in [2.75, 3.05) is 0 Å². The molecule has 1 heterocycles.